The number of hydrogen-bond acceptors (Lipinski definition) is 3. The van der Waals surface area contributed by atoms with E-state index >= 15 is 0 Å². The molecule has 1 aliphatic carbocycles. The Hall–Kier alpha value is -0.410. The molecule has 16 heavy (non-hydrogen) atoms. The maximum atomic E-state index is 11.8. The van der Waals surface area contributed by atoms with Gasteiger partial charge in [0.25, 0.3) is 0 Å². The van der Waals surface area contributed by atoms with Crippen molar-refractivity contribution in [2.24, 2.45) is 5.92 Å². The van der Waals surface area contributed by atoms with Crippen molar-refractivity contribution in [1.82, 2.24) is 4.90 Å². The highest BCUT2D eigenvalue weighted by Crippen LogP contribution is 2.20. The Balaban J connectivity index is 2.24. The summed E-state index contributed by atoms with van der Waals surface area (Å²) in [5.74, 6) is 0.745. The van der Waals surface area contributed by atoms with E-state index in [1.807, 2.05) is 6.92 Å². The van der Waals surface area contributed by atoms with Crippen LogP contribution in [0.25, 0.3) is 0 Å². The molecule has 0 heterocycles. The molecule has 0 amide bonds. The fourth-order valence-electron chi connectivity index (χ4n) is 2.26. The van der Waals surface area contributed by atoms with Crippen molar-refractivity contribution in [2.75, 3.05) is 33.4 Å². The lowest BCUT2D eigenvalue weighted by Gasteiger charge is -2.21. The standard InChI is InChI=1S/C13H25NO2/c1-3-16-10-9-14(2)11-12-7-5-4-6-8-13(12)15/h12H,3-11H2,1-2H3. The fraction of sp³-hybridized carbons (Fsp3) is 0.923. The van der Waals surface area contributed by atoms with Gasteiger partial charge in [0.05, 0.1) is 6.61 Å². The van der Waals surface area contributed by atoms with Gasteiger partial charge in [-0.3, -0.25) is 4.79 Å². The SMILES string of the molecule is CCOCCN(C)CC1CCCCCC1=O. The molecule has 3 nitrogen and oxygen atoms in total. The highest BCUT2D eigenvalue weighted by Gasteiger charge is 2.21. The minimum atomic E-state index is 0.272. The highest BCUT2D eigenvalue weighted by atomic mass is 16.5. The predicted octanol–water partition coefficient (Wildman–Crippen LogP) is 2.10. The molecule has 1 rings (SSSR count). The molecule has 0 radical (unpaired) electrons. The van der Waals surface area contributed by atoms with Crippen LogP contribution in [0.1, 0.15) is 39.0 Å². The smallest absolute Gasteiger partial charge is 0.137 e. The minimum absolute atomic E-state index is 0.272. The van der Waals surface area contributed by atoms with Crippen molar-refractivity contribution in [1.29, 1.82) is 0 Å². The van der Waals surface area contributed by atoms with E-state index < -0.39 is 0 Å². The topological polar surface area (TPSA) is 29.5 Å². The second-order valence-electron chi connectivity index (χ2n) is 4.72. The van der Waals surface area contributed by atoms with E-state index in [2.05, 4.69) is 11.9 Å². The zero-order valence-corrected chi connectivity index (χ0v) is 10.7. The van der Waals surface area contributed by atoms with Crippen LogP contribution in [-0.2, 0) is 9.53 Å². The summed E-state index contributed by atoms with van der Waals surface area (Å²) < 4.78 is 5.32. The number of carbonyl (C=O) groups excluding carboxylic acids is 1. The Bertz CT molecular complexity index is 206. The largest absolute Gasteiger partial charge is 0.380 e. The van der Waals surface area contributed by atoms with E-state index in [1.54, 1.807) is 0 Å². The molecular formula is C13H25NO2. The van der Waals surface area contributed by atoms with Crippen molar-refractivity contribution >= 4 is 5.78 Å². The summed E-state index contributed by atoms with van der Waals surface area (Å²) in [6.45, 7) is 5.39. The molecule has 0 bridgehead atoms. The van der Waals surface area contributed by atoms with Crippen LogP contribution >= 0.6 is 0 Å². The molecule has 94 valence electrons. The number of ketones is 1. The van der Waals surface area contributed by atoms with E-state index in [0.717, 1.165) is 45.6 Å². The van der Waals surface area contributed by atoms with Crippen LogP contribution in [0, 0.1) is 5.92 Å². The number of likely N-dealkylation sites (N-methyl/N-ethyl adjacent to an activating group) is 1. The molecule has 1 aliphatic rings. The molecule has 0 aliphatic heterocycles. The molecule has 0 aromatic carbocycles. The van der Waals surface area contributed by atoms with Crippen LogP contribution in [0.4, 0.5) is 0 Å². The lowest BCUT2D eigenvalue weighted by atomic mass is 9.98. The van der Waals surface area contributed by atoms with Crippen molar-refractivity contribution in [3.63, 3.8) is 0 Å². The second-order valence-corrected chi connectivity index (χ2v) is 4.72. The maximum Gasteiger partial charge on any atom is 0.137 e. The summed E-state index contributed by atoms with van der Waals surface area (Å²) in [5.41, 5.74) is 0. The van der Waals surface area contributed by atoms with Gasteiger partial charge < -0.3 is 9.64 Å². The molecule has 1 fully saturated rings. The molecule has 0 N–H and O–H groups in total. The second kappa shape index (κ2) is 7.80. The lowest BCUT2D eigenvalue weighted by Crippen LogP contribution is -2.32. The Morgan fingerprint density at radius 1 is 1.38 bits per heavy atom. The lowest BCUT2D eigenvalue weighted by molar-refractivity contribution is -0.123. The van der Waals surface area contributed by atoms with Gasteiger partial charge in [-0.1, -0.05) is 12.8 Å². The van der Waals surface area contributed by atoms with E-state index in [1.165, 1.54) is 12.8 Å². The summed E-state index contributed by atoms with van der Waals surface area (Å²) >= 11 is 0. The van der Waals surface area contributed by atoms with Crippen molar-refractivity contribution in [3.05, 3.63) is 0 Å². The summed E-state index contributed by atoms with van der Waals surface area (Å²) in [7, 11) is 2.08. The summed E-state index contributed by atoms with van der Waals surface area (Å²) in [6, 6.07) is 0. The van der Waals surface area contributed by atoms with Crippen molar-refractivity contribution in [2.45, 2.75) is 39.0 Å². The Morgan fingerprint density at radius 2 is 2.19 bits per heavy atom. The number of rotatable bonds is 6. The highest BCUT2D eigenvalue weighted by molar-refractivity contribution is 5.81. The van der Waals surface area contributed by atoms with E-state index in [-0.39, 0.29) is 5.92 Å². The van der Waals surface area contributed by atoms with Crippen LogP contribution in [-0.4, -0.2) is 44.0 Å². The molecule has 0 saturated heterocycles. The van der Waals surface area contributed by atoms with Crippen molar-refractivity contribution < 1.29 is 9.53 Å². The van der Waals surface area contributed by atoms with Gasteiger partial charge in [-0.15, -0.1) is 0 Å². The van der Waals surface area contributed by atoms with E-state index in [9.17, 15) is 4.79 Å². The number of ether oxygens (including phenoxy) is 1. The maximum absolute atomic E-state index is 11.8. The van der Waals surface area contributed by atoms with Crippen LogP contribution in [0.15, 0.2) is 0 Å². The molecule has 0 spiro atoms. The number of nitrogens with zero attached hydrogens (tertiary/aromatic N) is 1. The van der Waals surface area contributed by atoms with E-state index in [4.69, 9.17) is 4.74 Å². The first-order chi connectivity index (χ1) is 7.74. The summed E-state index contributed by atoms with van der Waals surface area (Å²) in [4.78, 5) is 14.0. The van der Waals surface area contributed by atoms with Gasteiger partial charge in [0.1, 0.15) is 5.78 Å². The quantitative estimate of drug-likeness (QED) is 0.514. The molecule has 1 unspecified atom stereocenters. The Labute approximate surface area is 99.1 Å². The Kier molecular flexibility index (Phi) is 6.65. The molecule has 1 saturated carbocycles. The normalized spacial score (nSPS) is 22.4. The summed E-state index contributed by atoms with van der Waals surface area (Å²) in [6.07, 6.45) is 5.42. The third kappa shape index (κ3) is 5.08. The average Bonchev–Trinajstić information content (AvgIpc) is 2.45. The van der Waals surface area contributed by atoms with Gasteiger partial charge in [0, 0.05) is 32.0 Å². The monoisotopic (exact) mass is 227 g/mol. The third-order valence-corrected chi connectivity index (χ3v) is 3.28. The van der Waals surface area contributed by atoms with Gasteiger partial charge in [0.15, 0.2) is 0 Å². The van der Waals surface area contributed by atoms with E-state index in [0.29, 0.717) is 5.78 Å². The van der Waals surface area contributed by atoms with Crippen LogP contribution in [0.5, 0.6) is 0 Å². The third-order valence-electron chi connectivity index (χ3n) is 3.28. The predicted molar refractivity (Wildman–Crippen MR) is 65.6 cm³/mol. The number of carbonyl (C=O) groups is 1. The van der Waals surface area contributed by atoms with Gasteiger partial charge in [0.2, 0.25) is 0 Å². The van der Waals surface area contributed by atoms with Gasteiger partial charge >= 0.3 is 0 Å². The Morgan fingerprint density at radius 3 is 2.94 bits per heavy atom. The van der Waals surface area contributed by atoms with Crippen LogP contribution in [0.3, 0.4) is 0 Å². The van der Waals surface area contributed by atoms with Gasteiger partial charge in [-0.2, -0.15) is 0 Å². The molecule has 0 aromatic heterocycles. The molecule has 0 aromatic rings. The summed E-state index contributed by atoms with van der Waals surface area (Å²) in [5, 5.41) is 0. The van der Waals surface area contributed by atoms with Gasteiger partial charge in [-0.05, 0) is 26.8 Å². The fourth-order valence-corrected chi connectivity index (χ4v) is 2.26. The minimum Gasteiger partial charge on any atom is -0.380 e. The number of Topliss-reactive ketones (excluding diaryl/α,β-unsaturated/α-hetero) is 1. The zero-order chi connectivity index (χ0) is 11.8. The zero-order valence-electron chi connectivity index (χ0n) is 10.7. The first-order valence-electron chi connectivity index (χ1n) is 6.53. The number of hydrogen-bond donors (Lipinski definition) is 0. The average molecular weight is 227 g/mol. The van der Waals surface area contributed by atoms with Crippen molar-refractivity contribution in [3.8, 4) is 0 Å². The van der Waals surface area contributed by atoms with Gasteiger partial charge in [-0.25, -0.2) is 0 Å². The first-order valence-corrected chi connectivity index (χ1v) is 6.53. The van der Waals surface area contributed by atoms with Crippen LogP contribution in [0.2, 0.25) is 0 Å². The first kappa shape index (κ1) is 13.7. The molecular weight excluding hydrogens is 202 g/mol. The molecule has 1 atom stereocenters. The molecule has 3 heteroatoms. The van der Waals surface area contributed by atoms with Crippen LogP contribution < -0.4 is 0 Å².